The first-order valence-corrected chi connectivity index (χ1v) is 7.70. The molecule has 2 aliphatic rings. The Morgan fingerprint density at radius 2 is 1.36 bits per heavy atom. The molecule has 0 aliphatic carbocycles. The highest BCUT2D eigenvalue weighted by Gasteiger charge is 2.19. The Labute approximate surface area is 149 Å². The molecule has 0 radical (unpaired) electrons. The van der Waals surface area contributed by atoms with Gasteiger partial charge in [0.05, 0.1) is 11.1 Å². The maximum atomic E-state index is 10.7. The van der Waals surface area contributed by atoms with Gasteiger partial charge in [-0.25, -0.2) is 9.59 Å². The summed E-state index contributed by atoms with van der Waals surface area (Å²) in [5.41, 5.74) is 0.378. The summed E-state index contributed by atoms with van der Waals surface area (Å²) in [7, 11) is 0. The van der Waals surface area contributed by atoms with Crippen molar-refractivity contribution in [3.63, 3.8) is 0 Å². The highest BCUT2D eigenvalue weighted by molar-refractivity contribution is 9.10. The van der Waals surface area contributed by atoms with E-state index in [9.17, 15) is 9.59 Å². The van der Waals surface area contributed by atoms with Gasteiger partial charge < -0.3 is 29.2 Å². The molecule has 2 N–H and O–H groups in total. The quantitative estimate of drug-likeness (QED) is 0.776. The normalized spacial score (nSPS) is 13.0. The molecular weight excluding hydrogens is 400 g/mol. The third kappa shape index (κ3) is 3.61. The number of ether oxygens (including phenoxy) is 4. The highest BCUT2D eigenvalue weighted by atomic mass is 79.9. The second kappa shape index (κ2) is 6.89. The summed E-state index contributed by atoms with van der Waals surface area (Å²) < 4.78 is 20.6. The minimum Gasteiger partial charge on any atom is -0.478 e. The van der Waals surface area contributed by atoms with Gasteiger partial charge in [-0.2, -0.15) is 0 Å². The molecule has 0 fully saturated rings. The molecule has 0 aromatic heterocycles. The molecule has 2 aromatic rings. The van der Waals surface area contributed by atoms with Gasteiger partial charge in [0.15, 0.2) is 23.0 Å². The first kappa shape index (κ1) is 16.9. The van der Waals surface area contributed by atoms with E-state index in [4.69, 9.17) is 29.2 Å². The molecule has 0 saturated carbocycles. The van der Waals surface area contributed by atoms with Crippen molar-refractivity contribution in [1.82, 2.24) is 0 Å². The van der Waals surface area contributed by atoms with Crippen LogP contribution in [0.15, 0.2) is 34.8 Å². The van der Waals surface area contributed by atoms with E-state index >= 15 is 0 Å². The van der Waals surface area contributed by atoms with Crippen LogP contribution in [-0.2, 0) is 0 Å². The van der Waals surface area contributed by atoms with Crippen molar-refractivity contribution in [2.24, 2.45) is 0 Å². The number of rotatable bonds is 2. The number of hydrogen-bond donors (Lipinski definition) is 2. The number of aromatic carboxylic acids is 2. The maximum Gasteiger partial charge on any atom is 0.336 e. The Kier molecular flexibility index (Phi) is 4.66. The van der Waals surface area contributed by atoms with Crippen molar-refractivity contribution in [3.05, 3.63) is 45.9 Å². The third-order valence-corrected chi connectivity index (χ3v) is 3.97. The van der Waals surface area contributed by atoms with Crippen molar-refractivity contribution in [1.29, 1.82) is 0 Å². The van der Waals surface area contributed by atoms with E-state index in [1.807, 2.05) is 0 Å². The van der Waals surface area contributed by atoms with Crippen LogP contribution in [0.4, 0.5) is 0 Å². The summed E-state index contributed by atoms with van der Waals surface area (Å²) in [5.74, 6) is 0.172. The van der Waals surface area contributed by atoms with Crippen LogP contribution in [0.1, 0.15) is 20.7 Å². The summed E-state index contributed by atoms with van der Waals surface area (Å²) in [4.78, 5) is 21.2. The molecule has 9 heteroatoms. The smallest absolute Gasteiger partial charge is 0.336 e. The molecule has 0 atom stereocenters. The van der Waals surface area contributed by atoms with Gasteiger partial charge in [-0.05, 0) is 46.3 Å². The Bertz CT molecular complexity index is 848. The van der Waals surface area contributed by atoms with Crippen LogP contribution in [0.5, 0.6) is 23.0 Å². The predicted octanol–water partition coefficient (Wildman–Crippen LogP) is 2.99. The summed E-state index contributed by atoms with van der Waals surface area (Å²) in [6.07, 6.45) is 0. The molecule has 2 heterocycles. The van der Waals surface area contributed by atoms with Crippen LogP contribution in [0.3, 0.4) is 0 Å². The van der Waals surface area contributed by atoms with Gasteiger partial charge in [-0.1, -0.05) is 0 Å². The van der Waals surface area contributed by atoms with Crippen molar-refractivity contribution in [3.8, 4) is 23.0 Å². The Morgan fingerprint density at radius 1 is 0.800 bits per heavy atom. The molecule has 0 spiro atoms. The zero-order valence-corrected chi connectivity index (χ0v) is 14.1. The van der Waals surface area contributed by atoms with Gasteiger partial charge in [0, 0.05) is 4.47 Å². The number of benzene rings is 2. The van der Waals surface area contributed by atoms with Crippen molar-refractivity contribution in [2.75, 3.05) is 13.6 Å². The van der Waals surface area contributed by atoms with Crippen LogP contribution in [-0.4, -0.2) is 35.7 Å². The van der Waals surface area contributed by atoms with Crippen LogP contribution >= 0.6 is 15.9 Å². The minimum absolute atomic E-state index is 0.144. The SMILES string of the molecule is O=C(O)c1cc2c(cc1Br)OCO2.O=C(O)c1ccc2c(c1)OCO2. The predicted molar refractivity (Wildman–Crippen MR) is 86.7 cm³/mol. The zero-order valence-electron chi connectivity index (χ0n) is 12.5. The summed E-state index contributed by atoms with van der Waals surface area (Å²) >= 11 is 3.13. The molecule has 25 heavy (non-hydrogen) atoms. The number of fused-ring (bicyclic) bond motifs is 2. The standard InChI is InChI=1S/C8H5BrO4.C8H6O4/c9-5-2-7-6(12-3-13-7)1-4(5)8(10)11;9-8(10)5-1-2-6-7(3-5)12-4-11-6/h1-2H,3H2,(H,10,11);1-3H,4H2,(H,9,10). The van der Waals surface area contributed by atoms with Crippen molar-refractivity contribution in [2.45, 2.75) is 0 Å². The van der Waals surface area contributed by atoms with E-state index in [0.29, 0.717) is 27.5 Å². The zero-order chi connectivity index (χ0) is 18.0. The van der Waals surface area contributed by atoms with Crippen LogP contribution < -0.4 is 18.9 Å². The average molecular weight is 411 g/mol. The van der Waals surface area contributed by atoms with Crippen molar-refractivity contribution < 1.29 is 38.7 Å². The van der Waals surface area contributed by atoms with Crippen LogP contribution in [0, 0.1) is 0 Å². The van der Waals surface area contributed by atoms with Gasteiger partial charge in [-0.3, -0.25) is 0 Å². The van der Waals surface area contributed by atoms with E-state index in [1.165, 1.54) is 18.2 Å². The molecule has 2 aliphatic heterocycles. The number of halogens is 1. The molecule has 0 unspecified atom stereocenters. The number of carboxylic acid groups (broad SMARTS) is 2. The molecule has 0 amide bonds. The molecule has 0 saturated heterocycles. The van der Waals surface area contributed by atoms with Gasteiger partial charge in [0.2, 0.25) is 13.6 Å². The van der Waals surface area contributed by atoms with E-state index in [1.54, 1.807) is 12.1 Å². The number of carboxylic acids is 2. The van der Waals surface area contributed by atoms with E-state index < -0.39 is 11.9 Å². The monoisotopic (exact) mass is 410 g/mol. The van der Waals surface area contributed by atoms with E-state index in [0.717, 1.165) is 0 Å². The van der Waals surface area contributed by atoms with Crippen LogP contribution in [0.2, 0.25) is 0 Å². The highest BCUT2D eigenvalue weighted by Crippen LogP contribution is 2.36. The minimum atomic E-state index is -0.995. The molecule has 2 aromatic carbocycles. The largest absolute Gasteiger partial charge is 0.478 e. The lowest BCUT2D eigenvalue weighted by Gasteiger charge is -2.00. The Balaban J connectivity index is 0.000000146. The summed E-state index contributed by atoms with van der Waals surface area (Å²) in [5, 5.41) is 17.4. The summed E-state index contributed by atoms with van der Waals surface area (Å²) in [6.45, 7) is 0.309. The first-order chi connectivity index (χ1) is 12.0. The average Bonchev–Trinajstić information content (AvgIpc) is 3.21. The Hall–Kier alpha value is -2.94. The Morgan fingerprint density at radius 3 is 1.96 bits per heavy atom. The molecule has 130 valence electrons. The molecule has 8 nitrogen and oxygen atoms in total. The lowest BCUT2D eigenvalue weighted by Crippen LogP contribution is -1.97. The second-order valence-electron chi connectivity index (χ2n) is 4.86. The van der Waals surface area contributed by atoms with E-state index in [-0.39, 0.29) is 24.7 Å². The second-order valence-corrected chi connectivity index (χ2v) is 5.72. The van der Waals surface area contributed by atoms with Gasteiger partial charge in [0.1, 0.15) is 0 Å². The first-order valence-electron chi connectivity index (χ1n) is 6.91. The fraction of sp³-hybridized carbons (Fsp3) is 0.125. The topological polar surface area (TPSA) is 112 Å². The van der Waals surface area contributed by atoms with Gasteiger partial charge >= 0.3 is 11.9 Å². The van der Waals surface area contributed by atoms with Gasteiger partial charge in [-0.15, -0.1) is 0 Å². The fourth-order valence-electron chi connectivity index (χ4n) is 2.11. The number of hydrogen-bond acceptors (Lipinski definition) is 6. The van der Waals surface area contributed by atoms with Gasteiger partial charge in [0.25, 0.3) is 0 Å². The molecule has 0 bridgehead atoms. The lowest BCUT2D eigenvalue weighted by molar-refractivity contribution is 0.0685. The maximum absolute atomic E-state index is 10.7. The third-order valence-electron chi connectivity index (χ3n) is 3.31. The van der Waals surface area contributed by atoms with Crippen molar-refractivity contribution >= 4 is 27.9 Å². The number of carbonyl (C=O) groups is 2. The molecular formula is C16H11BrO8. The van der Waals surface area contributed by atoms with E-state index in [2.05, 4.69) is 15.9 Å². The fourth-order valence-corrected chi connectivity index (χ4v) is 2.60. The summed E-state index contributed by atoms with van der Waals surface area (Å²) in [6, 6.07) is 7.55. The lowest BCUT2D eigenvalue weighted by atomic mass is 10.2. The molecule has 4 rings (SSSR count). The van der Waals surface area contributed by atoms with Crippen LogP contribution in [0.25, 0.3) is 0 Å².